The van der Waals surface area contributed by atoms with E-state index in [0.29, 0.717) is 11.6 Å². The SMILES string of the molecule is CC1(C)C=C([Si](C)(C)C)C2(C)C3C(C12)n1c(=O)n(-c2ccccc2)c(=O)n13. The molecule has 0 saturated heterocycles. The van der Waals surface area contributed by atoms with Crippen LogP contribution in [-0.2, 0) is 0 Å². The number of para-hydroxylation sites is 1. The van der Waals surface area contributed by atoms with Gasteiger partial charge in [-0.15, -0.1) is 0 Å². The summed E-state index contributed by atoms with van der Waals surface area (Å²) < 4.78 is 4.81. The highest BCUT2D eigenvalue weighted by Gasteiger charge is 2.75. The molecule has 2 aliphatic carbocycles. The van der Waals surface area contributed by atoms with E-state index in [1.807, 2.05) is 30.3 Å². The molecule has 4 atom stereocenters. The maximum atomic E-state index is 13.2. The van der Waals surface area contributed by atoms with Gasteiger partial charge in [0.2, 0.25) is 0 Å². The highest BCUT2D eigenvalue weighted by Crippen LogP contribution is 2.76. The Morgan fingerprint density at radius 3 is 2.11 bits per heavy atom. The lowest BCUT2D eigenvalue weighted by Crippen LogP contribution is -2.70. The summed E-state index contributed by atoms with van der Waals surface area (Å²) in [6, 6.07) is 9.50. The Kier molecular flexibility index (Phi) is 2.94. The molecular weight excluding hydrogens is 354 g/mol. The van der Waals surface area contributed by atoms with Crippen molar-refractivity contribution in [3.05, 3.63) is 62.6 Å². The van der Waals surface area contributed by atoms with Gasteiger partial charge in [-0.1, -0.05) is 69.9 Å². The second-order valence-corrected chi connectivity index (χ2v) is 15.3. The zero-order valence-electron chi connectivity index (χ0n) is 16.9. The molecule has 5 nitrogen and oxygen atoms in total. The van der Waals surface area contributed by atoms with Crippen molar-refractivity contribution in [3.8, 4) is 5.69 Å². The lowest BCUT2D eigenvalue weighted by Gasteiger charge is -2.67. The smallest absolute Gasteiger partial charge is 0.245 e. The zero-order valence-corrected chi connectivity index (χ0v) is 17.9. The van der Waals surface area contributed by atoms with Crippen LogP contribution in [0.3, 0.4) is 0 Å². The van der Waals surface area contributed by atoms with Crippen LogP contribution in [0.4, 0.5) is 0 Å². The van der Waals surface area contributed by atoms with E-state index in [1.165, 1.54) is 4.57 Å². The lowest BCUT2D eigenvalue weighted by molar-refractivity contribution is -0.171. The van der Waals surface area contributed by atoms with Crippen molar-refractivity contribution >= 4 is 8.07 Å². The van der Waals surface area contributed by atoms with Crippen molar-refractivity contribution in [2.45, 2.75) is 52.5 Å². The molecule has 2 aromatic rings. The molecule has 27 heavy (non-hydrogen) atoms. The van der Waals surface area contributed by atoms with Gasteiger partial charge in [0.25, 0.3) is 0 Å². The molecule has 2 heterocycles. The number of hydrogen-bond donors (Lipinski definition) is 0. The van der Waals surface area contributed by atoms with Crippen molar-refractivity contribution in [2.75, 3.05) is 0 Å². The van der Waals surface area contributed by atoms with Crippen LogP contribution in [0, 0.1) is 16.7 Å². The molecule has 1 fully saturated rings. The maximum absolute atomic E-state index is 13.2. The average molecular weight is 382 g/mol. The molecule has 0 N–H and O–H groups in total. The molecule has 6 heteroatoms. The van der Waals surface area contributed by atoms with E-state index in [9.17, 15) is 9.59 Å². The second kappa shape index (κ2) is 4.66. The first-order valence-electron chi connectivity index (χ1n) is 9.76. The average Bonchev–Trinajstić information content (AvgIpc) is 2.86. The largest absolute Gasteiger partial charge is 0.352 e. The van der Waals surface area contributed by atoms with Crippen LogP contribution in [-0.4, -0.2) is 22.0 Å². The molecule has 0 radical (unpaired) electrons. The number of aromatic nitrogens is 3. The third-order valence-electron chi connectivity index (χ3n) is 7.20. The van der Waals surface area contributed by atoms with Gasteiger partial charge in [0.05, 0.1) is 25.8 Å². The van der Waals surface area contributed by atoms with E-state index in [-0.39, 0.29) is 34.3 Å². The minimum Gasteiger partial charge on any atom is -0.245 e. The number of nitrogens with zero attached hydrogens (tertiary/aromatic N) is 3. The first-order valence-corrected chi connectivity index (χ1v) is 13.3. The zero-order chi connectivity index (χ0) is 19.5. The fourth-order valence-corrected chi connectivity index (χ4v) is 9.26. The molecule has 1 aliphatic heterocycles. The maximum Gasteiger partial charge on any atom is 0.352 e. The van der Waals surface area contributed by atoms with E-state index in [4.69, 9.17) is 0 Å². The predicted octanol–water partition coefficient (Wildman–Crippen LogP) is 3.38. The number of benzene rings is 1. The van der Waals surface area contributed by atoms with Gasteiger partial charge in [0.1, 0.15) is 0 Å². The van der Waals surface area contributed by atoms with Crippen molar-refractivity contribution in [3.63, 3.8) is 0 Å². The Balaban J connectivity index is 1.72. The normalized spacial score (nSPS) is 32.7. The van der Waals surface area contributed by atoms with Gasteiger partial charge in [0.15, 0.2) is 0 Å². The molecule has 1 aromatic heterocycles. The highest BCUT2D eigenvalue weighted by atomic mass is 28.3. The van der Waals surface area contributed by atoms with Gasteiger partial charge in [-0.25, -0.2) is 23.5 Å². The fraction of sp³-hybridized carbons (Fsp3) is 0.524. The van der Waals surface area contributed by atoms with Crippen LogP contribution in [0.5, 0.6) is 0 Å². The summed E-state index contributed by atoms with van der Waals surface area (Å²) >= 11 is 0. The topological polar surface area (TPSA) is 48.9 Å². The Bertz CT molecular complexity index is 1110. The van der Waals surface area contributed by atoms with Gasteiger partial charge >= 0.3 is 11.4 Å². The Labute approximate surface area is 159 Å². The third kappa shape index (κ3) is 1.75. The summed E-state index contributed by atoms with van der Waals surface area (Å²) in [5.74, 6) is 0.375. The molecule has 0 bridgehead atoms. The molecule has 142 valence electrons. The van der Waals surface area contributed by atoms with E-state index >= 15 is 0 Å². The number of hydrogen-bond acceptors (Lipinski definition) is 2. The van der Waals surface area contributed by atoms with Crippen molar-refractivity contribution in [2.24, 2.45) is 16.7 Å². The Hall–Kier alpha value is -2.08. The van der Waals surface area contributed by atoms with E-state index in [1.54, 1.807) is 14.6 Å². The molecule has 3 aliphatic rings. The Morgan fingerprint density at radius 1 is 0.926 bits per heavy atom. The van der Waals surface area contributed by atoms with Gasteiger partial charge < -0.3 is 0 Å². The van der Waals surface area contributed by atoms with E-state index in [2.05, 4.69) is 46.5 Å². The van der Waals surface area contributed by atoms with Gasteiger partial charge in [0, 0.05) is 11.3 Å². The summed E-state index contributed by atoms with van der Waals surface area (Å²) in [6.07, 6.45) is 2.48. The van der Waals surface area contributed by atoms with Crippen LogP contribution in [0.25, 0.3) is 5.69 Å². The highest BCUT2D eigenvalue weighted by molar-refractivity contribution is 6.83. The minimum atomic E-state index is -1.53. The van der Waals surface area contributed by atoms with Gasteiger partial charge in [-0.05, 0) is 17.5 Å². The van der Waals surface area contributed by atoms with Crippen molar-refractivity contribution < 1.29 is 0 Å². The summed E-state index contributed by atoms with van der Waals surface area (Å²) in [6.45, 7) is 14.1. The van der Waals surface area contributed by atoms with Crippen LogP contribution < -0.4 is 11.4 Å². The van der Waals surface area contributed by atoms with E-state index < -0.39 is 8.07 Å². The minimum absolute atomic E-state index is 0.0161. The summed E-state index contributed by atoms with van der Waals surface area (Å²) in [4.78, 5) is 26.3. The quantitative estimate of drug-likeness (QED) is 0.749. The summed E-state index contributed by atoms with van der Waals surface area (Å²) in [5, 5.41) is 1.56. The van der Waals surface area contributed by atoms with Crippen LogP contribution >= 0.6 is 0 Å². The molecule has 4 unspecified atom stereocenters. The first kappa shape index (κ1) is 17.0. The monoisotopic (exact) mass is 381 g/mol. The van der Waals surface area contributed by atoms with E-state index in [0.717, 1.165) is 0 Å². The summed E-state index contributed by atoms with van der Waals surface area (Å²) in [5.41, 5.74) is 0.272. The number of fused-ring (bicyclic) bond motifs is 7. The Morgan fingerprint density at radius 2 is 1.52 bits per heavy atom. The van der Waals surface area contributed by atoms with Crippen molar-refractivity contribution in [1.29, 1.82) is 0 Å². The van der Waals surface area contributed by atoms with Crippen molar-refractivity contribution in [1.82, 2.24) is 13.9 Å². The molecule has 1 aromatic carbocycles. The van der Waals surface area contributed by atoms with Crippen LogP contribution in [0.2, 0.25) is 19.6 Å². The third-order valence-corrected chi connectivity index (χ3v) is 9.50. The molecule has 0 amide bonds. The molecule has 5 rings (SSSR count). The van der Waals surface area contributed by atoms with Crippen LogP contribution in [0.1, 0.15) is 32.9 Å². The summed E-state index contributed by atoms with van der Waals surface area (Å²) in [7, 11) is -1.53. The second-order valence-electron chi connectivity index (χ2n) is 10.3. The number of allylic oxidation sites excluding steroid dienone is 2. The number of rotatable bonds is 2. The lowest BCUT2D eigenvalue weighted by atomic mass is 9.49. The van der Waals surface area contributed by atoms with Crippen LogP contribution in [0.15, 0.2) is 51.2 Å². The van der Waals surface area contributed by atoms with Gasteiger partial charge in [-0.3, -0.25) is 0 Å². The molecule has 0 spiro atoms. The fourth-order valence-electron chi connectivity index (χ4n) is 6.54. The standard InChI is InChI=1S/C21H27N3O2Si/c1-20(2)12-14(27(4,5)6)21(3)16(20)15-17(21)24-19(26)22(18(25)23(15)24)13-10-8-7-9-11-13/h7-12,15-17H,1-6H3. The molecular formula is C21H27N3O2Si. The predicted molar refractivity (Wildman–Crippen MR) is 109 cm³/mol. The molecule has 1 saturated carbocycles. The first-order chi connectivity index (χ1) is 12.5. The van der Waals surface area contributed by atoms with Gasteiger partial charge in [-0.2, -0.15) is 0 Å².